The first-order valence-corrected chi connectivity index (χ1v) is 11.3. The van der Waals surface area contributed by atoms with Gasteiger partial charge in [0.25, 0.3) is 12.3 Å². The molecule has 0 radical (unpaired) electrons. The Hall–Kier alpha value is -2.60. The minimum absolute atomic E-state index is 0.0500. The number of hydrogen-bond acceptors (Lipinski definition) is 4. The average molecular weight is 531 g/mol. The van der Waals surface area contributed by atoms with E-state index in [0.717, 1.165) is 17.7 Å². The fourth-order valence-electron chi connectivity index (χ4n) is 3.67. The van der Waals surface area contributed by atoms with Crippen LogP contribution < -0.4 is 10.6 Å². The molecule has 0 aliphatic carbocycles. The summed E-state index contributed by atoms with van der Waals surface area (Å²) in [6.45, 7) is 2.04. The van der Waals surface area contributed by atoms with E-state index in [9.17, 15) is 22.8 Å². The highest BCUT2D eigenvalue weighted by Gasteiger charge is 2.32. The molecule has 3 amide bonds. The number of aromatic nitrogens is 2. The average Bonchev–Trinajstić information content (AvgIpc) is 3.06. The summed E-state index contributed by atoms with van der Waals surface area (Å²) in [7, 11) is 3.28. The Morgan fingerprint density at radius 3 is 2.67 bits per heavy atom. The van der Waals surface area contributed by atoms with Crippen molar-refractivity contribution in [2.45, 2.75) is 32.4 Å². The zero-order chi connectivity index (χ0) is 24.1. The predicted molar refractivity (Wildman–Crippen MR) is 121 cm³/mol. The first-order valence-electron chi connectivity index (χ1n) is 10.5. The first kappa shape index (κ1) is 25.0. The molecule has 2 N–H and O–H groups in total. The van der Waals surface area contributed by atoms with Gasteiger partial charge in [-0.3, -0.25) is 9.48 Å². The Bertz CT molecular complexity index is 1020. The lowest BCUT2D eigenvalue weighted by Gasteiger charge is -2.27. The van der Waals surface area contributed by atoms with E-state index < -0.39 is 6.43 Å². The zero-order valence-corrected chi connectivity index (χ0v) is 20.0. The third-order valence-electron chi connectivity index (χ3n) is 5.33. The number of fused-ring (bicyclic) bond motifs is 3. The minimum Gasteiger partial charge on any atom is -0.340 e. The summed E-state index contributed by atoms with van der Waals surface area (Å²) in [6.07, 6.45) is -0.748. The van der Waals surface area contributed by atoms with Gasteiger partial charge in [-0.15, -0.1) is 0 Å². The molecule has 180 valence electrons. The Balaban J connectivity index is 0.000000454. The van der Waals surface area contributed by atoms with Crippen LogP contribution in [-0.2, 0) is 19.5 Å². The van der Waals surface area contributed by atoms with Crippen LogP contribution in [0.3, 0.4) is 0 Å². The number of hydrogen-bond donors (Lipinski definition) is 2. The Morgan fingerprint density at radius 2 is 2.03 bits per heavy atom. The molecule has 2 aliphatic heterocycles. The fourth-order valence-corrected chi connectivity index (χ4v) is 4.05. The predicted octanol–water partition coefficient (Wildman–Crippen LogP) is 3.32. The number of carbonyl (C=O) groups is 2. The molecule has 0 unspecified atom stereocenters. The molecular formula is C21H26BrF3N6O2. The lowest BCUT2D eigenvalue weighted by atomic mass is 10.0. The Morgan fingerprint density at radius 1 is 1.27 bits per heavy atom. The van der Waals surface area contributed by atoms with Crippen LogP contribution in [0.2, 0.25) is 0 Å². The summed E-state index contributed by atoms with van der Waals surface area (Å²) in [6, 6.07) is 4.04. The van der Waals surface area contributed by atoms with Crippen molar-refractivity contribution in [3.05, 3.63) is 45.4 Å². The van der Waals surface area contributed by atoms with Crippen LogP contribution in [0.4, 0.5) is 23.7 Å². The molecule has 2 aromatic rings. The lowest BCUT2D eigenvalue weighted by molar-refractivity contribution is 0.0793. The van der Waals surface area contributed by atoms with Crippen molar-refractivity contribution in [3.63, 3.8) is 0 Å². The number of benzene rings is 1. The van der Waals surface area contributed by atoms with Gasteiger partial charge < -0.3 is 20.4 Å². The van der Waals surface area contributed by atoms with Gasteiger partial charge in [-0.05, 0) is 47.6 Å². The largest absolute Gasteiger partial charge is 0.340 e. The summed E-state index contributed by atoms with van der Waals surface area (Å²) >= 11 is 3.12. The van der Waals surface area contributed by atoms with Gasteiger partial charge in [0.15, 0.2) is 0 Å². The molecule has 0 bridgehead atoms. The number of rotatable bonds is 3. The van der Waals surface area contributed by atoms with Crippen molar-refractivity contribution >= 4 is 33.6 Å². The van der Waals surface area contributed by atoms with Crippen molar-refractivity contribution < 1.29 is 22.8 Å². The van der Waals surface area contributed by atoms with Crippen LogP contribution >= 0.6 is 15.9 Å². The van der Waals surface area contributed by atoms with Crippen LogP contribution in [0.25, 0.3) is 0 Å². The SMILES string of the molecule is CN1CCCn2nc3c(c2C1=O)CN(C(=O)Nc1ccc(F)c(Br)c1)CC3.CNCC(F)F. The number of nitrogens with zero attached hydrogens (tertiary/aromatic N) is 4. The number of aryl methyl sites for hydroxylation is 1. The molecule has 12 heteroatoms. The maximum absolute atomic E-state index is 13.4. The number of nitrogens with one attached hydrogen (secondary N) is 2. The standard InChI is InChI=1S/C18H19BrFN5O2.C3H7F2N/c1-23-6-2-7-25-16(17(23)26)12-10-24(8-5-15(12)22-25)18(27)21-11-3-4-14(20)13(19)9-11;1-6-2-3(4)5/h3-4,9H,2,5-8,10H2,1H3,(H,21,27);3,6H,2H2,1H3. The van der Waals surface area contributed by atoms with E-state index in [4.69, 9.17) is 0 Å². The van der Waals surface area contributed by atoms with Gasteiger partial charge in [0.1, 0.15) is 11.5 Å². The molecule has 33 heavy (non-hydrogen) atoms. The Kier molecular flexibility index (Phi) is 8.35. The summed E-state index contributed by atoms with van der Waals surface area (Å²) in [5.41, 5.74) is 2.81. The second-order valence-electron chi connectivity index (χ2n) is 7.76. The van der Waals surface area contributed by atoms with Gasteiger partial charge in [-0.2, -0.15) is 5.10 Å². The van der Waals surface area contributed by atoms with E-state index in [-0.39, 0.29) is 28.8 Å². The highest BCUT2D eigenvalue weighted by molar-refractivity contribution is 9.10. The number of amides is 3. The smallest absolute Gasteiger partial charge is 0.322 e. The van der Waals surface area contributed by atoms with Crippen molar-refractivity contribution in [3.8, 4) is 0 Å². The summed E-state index contributed by atoms with van der Waals surface area (Å²) < 4.78 is 37.4. The first-order chi connectivity index (χ1) is 15.7. The van der Waals surface area contributed by atoms with Gasteiger partial charge in [0.2, 0.25) is 0 Å². The molecule has 8 nitrogen and oxygen atoms in total. The second kappa shape index (κ2) is 11.0. The van der Waals surface area contributed by atoms with Gasteiger partial charge in [-0.1, -0.05) is 0 Å². The topological polar surface area (TPSA) is 82.5 Å². The van der Waals surface area contributed by atoms with Crippen LogP contribution in [0.15, 0.2) is 22.7 Å². The normalized spacial score (nSPS) is 15.4. The quantitative estimate of drug-likeness (QED) is 0.637. The van der Waals surface area contributed by atoms with Crippen LogP contribution in [0, 0.1) is 5.82 Å². The maximum atomic E-state index is 13.4. The van der Waals surface area contributed by atoms with Gasteiger partial charge in [0, 0.05) is 44.4 Å². The molecule has 4 rings (SSSR count). The molecule has 1 aromatic carbocycles. The fraction of sp³-hybridized carbons (Fsp3) is 0.476. The molecule has 1 aromatic heterocycles. The monoisotopic (exact) mass is 530 g/mol. The number of anilines is 1. The third kappa shape index (κ3) is 6.05. The van der Waals surface area contributed by atoms with Crippen molar-refractivity contribution in [1.29, 1.82) is 0 Å². The summed E-state index contributed by atoms with van der Waals surface area (Å²) in [4.78, 5) is 28.7. The molecule has 0 saturated carbocycles. The van der Waals surface area contributed by atoms with Crippen LogP contribution in [-0.4, -0.2) is 71.7 Å². The van der Waals surface area contributed by atoms with E-state index in [2.05, 4.69) is 31.7 Å². The zero-order valence-electron chi connectivity index (χ0n) is 18.4. The van der Waals surface area contributed by atoms with E-state index >= 15 is 0 Å². The highest BCUT2D eigenvalue weighted by Crippen LogP contribution is 2.26. The van der Waals surface area contributed by atoms with Crippen LogP contribution in [0.5, 0.6) is 0 Å². The number of halogens is 4. The molecule has 0 fully saturated rings. The number of alkyl halides is 2. The highest BCUT2D eigenvalue weighted by atomic mass is 79.9. The molecule has 2 aliphatic rings. The van der Waals surface area contributed by atoms with Crippen molar-refractivity contribution in [2.24, 2.45) is 0 Å². The molecule has 0 spiro atoms. The minimum atomic E-state index is -2.21. The number of urea groups is 1. The summed E-state index contributed by atoms with van der Waals surface area (Å²) in [5.74, 6) is -0.438. The maximum Gasteiger partial charge on any atom is 0.322 e. The van der Waals surface area contributed by atoms with Crippen molar-refractivity contribution in [1.82, 2.24) is 24.9 Å². The molecule has 0 saturated heterocycles. The van der Waals surface area contributed by atoms with Gasteiger partial charge in [0.05, 0.1) is 23.3 Å². The lowest BCUT2D eigenvalue weighted by Crippen LogP contribution is -2.39. The van der Waals surface area contributed by atoms with Crippen LogP contribution in [0.1, 0.15) is 28.2 Å². The second-order valence-corrected chi connectivity index (χ2v) is 8.61. The van der Waals surface area contributed by atoms with Gasteiger partial charge in [-0.25, -0.2) is 18.0 Å². The third-order valence-corrected chi connectivity index (χ3v) is 5.94. The summed E-state index contributed by atoms with van der Waals surface area (Å²) in [5, 5.41) is 9.70. The van der Waals surface area contributed by atoms with E-state index in [1.807, 2.05) is 0 Å². The number of carbonyl (C=O) groups excluding carboxylic acids is 2. The molecular weight excluding hydrogens is 505 g/mol. The van der Waals surface area contributed by atoms with Gasteiger partial charge >= 0.3 is 6.03 Å². The molecule has 3 heterocycles. The van der Waals surface area contributed by atoms with E-state index in [0.29, 0.717) is 44.0 Å². The van der Waals surface area contributed by atoms with E-state index in [1.165, 1.54) is 25.2 Å². The molecule has 0 atom stereocenters. The van der Waals surface area contributed by atoms with E-state index in [1.54, 1.807) is 21.5 Å². The van der Waals surface area contributed by atoms with Crippen molar-refractivity contribution in [2.75, 3.05) is 39.0 Å². The Labute approximate surface area is 198 Å².